The van der Waals surface area contributed by atoms with Crippen molar-refractivity contribution in [2.24, 2.45) is 0 Å². The van der Waals surface area contributed by atoms with Crippen molar-refractivity contribution < 1.29 is 12.8 Å². The van der Waals surface area contributed by atoms with Crippen LogP contribution in [0.15, 0.2) is 18.2 Å². The number of aryl methyl sites for hydroxylation is 1. The quantitative estimate of drug-likeness (QED) is 0.875. The van der Waals surface area contributed by atoms with Crippen LogP contribution in [0.4, 0.5) is 4.39 Å². The molecule has 0 aliphatic carbocycles. The first-order valence-corrected chi connectivity index (χ1v) is 8.62. The number of thioether (sulfide) groups is 1. The molecular formula is C12H18FNO2S2. The van der Waals surface area contributed by atoms with Gasteiger partial charge in [-0.15, -0.1) is 0 Å². The molecule has 0 heterocycles. The number of sulfonamides is 1. The number of benzene rings is 1. The molecule has 1 rings (SSSR count). The Kier molecular flexibility index (Phi) is 5.62. The first kappa shape index (κ1) is 15.5. The number of hydrogen-bond acceptors (Lipinski definition) is 3. The van der Waals surface area contributed by atoms with Crippen LogP contribution in [0.25, 0.3) is 0 Å². The highest BCUT2D eigenvalue weighted by Crippen LogP contribution is 2.13. The van der Waals surface area contributed by atoms with Gasteiger partial charge in [0.2, 0.25) is 10.0 Å². The molecule has 0 amide bonds. The molecule has 0 aliphatic heterocycles. The predicted octanol–water partition coefficient (Wildman–Crippen LogP) is 2.31. The Morgan fingerprint density at radius 1 is 1.44 bits per heavy atom. The average Bonchev–Trinajstić information content (AvgIpc) is 2.21. The lowest BCUT2D eigenvalue weighted by molar-refractivity contribution is 0.565. The van der Waals surface area contributed by atoms with Gasteiger partial charge in [0.1, 0.15) is 5.82 Å². The lowest BCUT2D eigenvalue weighted by Gasteiger charge is -2.13. The molecule has 0 saturated heterocycles. The molecule has 0 fully saturated rings. The molecule has 6 heteroatoms. The fourth-order valence-corrected chi connectivity index (χ4v) is 3.72. The molecule has 0 radical (unpaired) electrons. The summed E-state index contributed by atoms with van der Waals surface area (Å²) in [5.41, 5.74) is 0.974. The van der Waals surface area contributed by atoms with Crippen LogP contribution >= 0.6 is 11.8 Å². The van der Waals surface area contributed by atoms with Gasteiger partial charge in [0.05, 0.1) is 5.75 Å². The molecule has 0 saturated carbocycles. The smallest absolute Gasteiger partial charge is 0.212 e. The van der Waals surface area contributed by atoms with Crippen molar-refractivity contribution in [2.75, 3.05) is 12.0 Å². The molecule has 1 aromatic carbocycles. The predicted molar refractivity (Wildman–Crippen MR) is 74.7 cm³/mol. The van der Waals surface area contributed by atoms with Crippen LogP contribution in [0.3, 0.4) is 0 Å². The summed E-state index contributed by atoms with van der Waals surface area (Å²) in [7, 11) is -3.49. The van der Waals surface area contributed by atoms with Gasteiger partial charge in [-0.2, -0.15) is 11.8 Å². The maximum Gasteiger partial charge on any atom is 0.216 e. The molecule has 1 atom stereocenters. The van der Waals surface area contributed by atoms with Gasteiger partial charge in [-0.25, -0.2) is 17.5 Å². The van der Waals surface area contributed by atoms with Crippen LogP contribution in [0.2, 0.25) is 0 Å². The molecule has 0 aliphatic rings. The van der Waals surface area contributed by atoms with Crippen molar-refractivity contribution in [1.82, 2.24) is 4.72 Å². The van der Waals surface area contributed by atoms with Gasteiger partial charge in [0, 0.05) is 17.4 Å². The first-order chi connectivity index (χ1) is 8.34. The van der Waals surface area contributed by atoms with Gasteiger partial charge in [0.15, 0.2) is 0 Å². The van der Waals surface area contributed by atoms with E-state index in [1.165, 1.54) is 12.1 Å². The van der Waals surface area contributed by atoms with Crippen LogP contribution in [-0.2, 0) is 15.8 Å². The van der Waals surface area contributed by atoms with Gasteiger partial charge in [-0.05, 0) is 31.7 Å². The average molecular weight is 291 g/mol. The number of rotatable bonds is 6. The van der Waals surface area contributed by atoms with Gasteiger partial charge in [0.25, 0.3) is 0 Å². The summed E-state index contributed by atoms with van der Waals surface area (Å²) in [6.07, 6.45) is 1.91. The summed E-state index contributed by atoms with van der Waals surface area (Å²) in [6, 6.07) is 4.41. The molecule has 1 aromatic rings. The van der Waals surface area contributed by atoms with Gasteiger partial charge in [-0.3, -0.25) is 0 Å². The molecular weight excluding hydrogens is 273 g/mol. The highest BCUT2D eigenvalue weighted by Gasteiger charge is 2.17. The summed E-state index contributed by atoms with van der Waals surface area (Å²) in [6.45, 7) is 3.56. The second-order valence-corrected chi connectivity index (χ2v) is 6.99. The second-order valence-electron chi connectivity index (χ2n) is 4.33. The lowest BCUT2D eigenvalue weighted by atomic mass is 10.2. The van der Waals surface area contributed by atoms with Crippen molar-refractivity contribution in [3.8, 4) is 0 Å². The van der Waals surface area contributed by atoms with E-state index in [1.807, 2.05) is 6.26 Å². The van der Waals surface area contributed by atoms with Crippen LogP contribution < -0.4 is 4.72 Å². The topological polar surface area (TPSA) is 46.2 Å². The van der Waals surface area contributed by atoms with Crippen molar-refractivity contribution in [1.29, 1.82) is 0 Å². The van der Waals surface area contributed by atoms with Gasteiger partial charge in [-0.1, -0.05) is 12.1 Å². The van der Waals surface area contributed by atoms with E-state index in [0.29, 0.717) is 5.75 Å². The van der Waals surface area contributed by atoms with E-state index in [9.17, 15) is 12.8 Å². The van der Waals surface area contributed by atoms with Gasteiger partial charge >= 0.3 is 0 Å². The van der Waals surface area contributed by atoms with Crippen LogP contribution in [-0.4, -0.2) is 26.5 Å². The summed E-state index contributed by atoms with van der Waals surface area (Å²) in [5, 5.41) is 0. The van der Waals surface area contributed by atoms with Crippen molar-refractivity contribution in [3.63, 3.8) is 0 Å². The fraction of sp³-hybridized carbons (Fsp3) is 0.500. The molecule has 18 heavy (non-hydrogen) atoms. The minimum Gasteiger partial charge on any atom is -0.212 e. The Morgan fingerprint density at radius 2 is 2.11 bits per heavy atom. The fourth-order valence-electron chi connectivity index (χ4n) is 1.61. The zero-order valence-corrected chi connectivity index (χ0v) is 12.4. The van der Waals surface area contributed by atoms with E-state index < -0.39 is 15.8 Å². The van der Waals surface area contributed by atoms with E-state index >= 15 is 0 Å². The Morgan fingerprint density at radius 3 is 2.67 bits per heavy atom. The molecule has 0 bridgehead atoms. The highest BCUT2D eigenvalue weighted by atomic mass is 32.2. The van der Waals surface area contributed by atoms with E-state index in [2.05, 4.69) is 4.72 Å². The number of nitrogens with one attached hydrogen (secondary N) is 1. The number of halogens is 1. The molecule has 3 nitrogen and oxygen atoms in total. The third kappa shape index (κ3) is 4.96. The summed E-state index contributed by atoms with van der Waals surface area (Å²) in [5.74, 6) is -0.106. The minimum absolute atomic E-state index is 0.154. The first-order valence-electron chi connectivity index (χ1n) is 5.58. The third-order valence-corrected chi connectivity index (χ3v) is 4.64. The van der Waals surface area contributed by atoms with Crippen LogP contribution in [0, 0.1) is 12.7 Å². The zero-order valence-electron chi connectivity index (χ0n) is 10.7. The Labute approximate surface area is 112 Å². The number of hydrogen-bond donors (Lipinski definition) is 1. The minimum atomic E-state index is -3.49. The lowest BCUT2D eigenvalue weighted by Crippen LogP contribution is -2.35. The van der Waals surface area contributed by atoms with Crippen molar-refractivity contribution >= 4 is 21.8 Å². The summed E-state index contributed by atoms with van der Waals surface area (Å²) >= 11 is 1.56. The molecule has 1 N–H and O–H groups in total. The summed E-state index contributed by atoms with van der Waals surface area (Å²) in [4.78, 5) is 0. The van der Waals surface area contributed by atoms with E-state index in [-0.39, 0.29) is 17.4 Å². The molecule has 1 unspecified atom stereocenters. The van der Waals surface area contributed by atoms with E-state index in [4.69, 9.17) is 0 Å². The summed E-state index contributed by atoms with van der Waals surface area (Å²) < 4.78 is 39.8. The third-order valence-electron chi connectivity index (χ3n) is 2.35. The largest absolute Gasteiger partial charge is 0.216 e. The van der Waals surface area contributed by atoms with Gasteiger partial charge < -0.3 is 0 Å². The standard InChI is InChI=1S/C12H18FNO2S2/c1-9-4-5-11(12(13)6-9)8-18(15,16)14-10(2)7-17-3/h4-6,10,14H,7-8H2,1-3H3. The Bertz CT molecular complexity index is 503. The maximum atomic E-state index is 13.6. The van der Waals surface area contributed by atoms with Crippen molar-refractivity contribution in [3.05, 3.63) is 35.1 Å². The zero-order chi connectivity index (χ0) is 13.8. The SMILES string of the molecule is CSCC(C)NS(=O)(=O)Cc1ccc(C)cc1F. The monoisotopic (exact) mass is 291 g/mol. The van der Waals surface area contributed by atoms with E-state index in [1.54, 1.807) is 31.7 Å². The highest BCUT2D eigenvalue weighted by molar-refractivity contribution is 7.98. The molecule has 0 spiro atoms. The maximum absolute atomic E-state index is 13.6. The van der Waals surface area contributed by atoms with Crippen LogP contribution in [0.1, 0.15) is 18.1 Å². The Balaban J connectivity index is 2.76. The molecule has 0 aromatic heterocycles. The van der Waals surface area contributed by atoms with Crippen LogP contribution in [0.5, 0.6) is 0 Å². The normalized spacial score (nSPS) is 13.6. The second kappa shape index (κ2) is 6.54. The molecule has 102 valence electrons. The Hall–Kier alpha value is -0.590. The van der Waals surface area contributed by atoms with E-state index in [0.717, 1.165) is 5.56 Å². The van der Waals surface area contributed by atoms with Crippen molar-refractivity contribution in [2.45, 2.75) is 25.6 Å².